The van der Waals surface area contributed by atoms with Gasteiger partial charge in [0.2, 0.25) is 0 Å². The van der Waals surface area contributed by atoms with Gasteiger partial charge in [0, 0.05) is 0 Å². The van der Waals surface area contributed by atoms with Gasteiger partial charge in [0.25, 0.3) is 0 Å². The molecule has 0 saturated heterocycles. The van der Waals surface area contributed by atoms with Crippen LogP contribution in [0.15, 0.2) is 0 Å². The van der Waals surface area contributed by atoms with Gasteiger partial charge in [-0.05, 0) is 27.7 Å². The van der Waals surface area contributed by atoms with Crippen LogP contribution in [0.1, 0.15) is 40.5 Å². The molecule has 0 aliphatic heterocycles. The lowest BCUT2D eigenvalue weighted by molar-refractivity contribution is -0.164. The van der Waals surface area contributed by atoms with Gasteiger partial charge in [0.15, 0.2) is 0 Å². The van der Waals surface area contributed by atoms with Crippen molar-refractivity contribution in [3.8, 4) is 0 Å². The van der Waals surface area contributed by atoms with E-state index >= 15 is 0 Å². The van der Waals surface area contributed by atoms with E-state index in [9.17, 15) is 14.7 Å². The number of carbonyl (C=O) groups is 2. The van der Waals surface area contributed by atoms with E-state index < -0.39 is 23.1 Å². The number of carboxylic acids is 1. The first kappa shape index (κ1) is 13.9. The van der Waals surface area contributed by atoms with E-state index in [1.807, 2.05) is 0 Å². The monoisotopic (exact) mass is 218 g/mol. The standard InChI is InChI=1S/C10H18O5/c1-9(2,14)6-8(13)15-10(3,4)5-7(11)12/h14H,5-6H2,1-4H3,(H,11,12). The summed E-state index contributed by atoms with van der Waals surface area (Å²) in [6.45, 7) is 6.00. The SMILES string of the molecule is CC(C)(O)CC(=O)OC(C)(C)CC(=O)O. The second-order valence-corrected chi connectivity index (χ2v) is 4.79. The van der Waals surface area contributed by atoms with Gasteiger partial charge >= 0.3 is 11.9 Å². The van der Waals surface area contributed by atoms with Crippen molar-refractivity contribution in [3.63, 3.8) is 0 Å². The Morgan fingerprint density at radius 3 is 1.93 bits per heavy atom. The van der Waals surface area contributed by atoms with Gasteiger partial charge in [-0.15, -0.1) is 0 Å². The first-order valence-corrected chi connectivity index (χ1v) is 4.68. The lowest BCUT2D eigenvalue weighted by Crippen LogP contribution is -2.34. The van der Waals surface area contributed by atoms with Gasteiger partial charge < -0.3 is 14.9 Å². The molecule has 0 atom stereocenters. The highest BCUT2D eigenvalue weighted by molar-refractivity contribution is 5.73. The van der Waals surface area contributed by atoms with Crippen molar-refractivity contribution in [3.05, 3.63) is 0 Å². The molecule has 0 fully saturated rings. The molecule has 0 spiro atoms. The fourth-order valence-corrected chi connectivity index (χ4v) is 1.10. The molecule has 0 amide bonds. The lowest BCUT2D eigenvalue weighted by atomic mass is 10.0. The quantitative estimate of drug-likeness (QED) is 0.671. The molecule has 0 aromatic heterocycles. The summed E-state index contributed by atoms with van der Waals surface area (Å²) in [7, 11) is 0. The number of aliphatic carboxylic acids is 1. The summed E-state index contributed by atoms with van der Waals surface area (Å²) in [6.07, 6.45) is -0.416. The zero-order chi connectivity index (χ0) is 12.3. The van der Waals surface area contributed by atoms with Crippen LogP contribution < -0.4 is 0 Å². The Morgan fingerprint density at radius 2 is 1.60 bits per heavy atom. The molecule has 5 heteroatoms. The van der Waals surface area contributed by atoms with Gasteiger partial charge in [-0.1, -0.05) is 0 Å². The number of hydrogen-bond acceptors (Lipinski definition) is 4. The van der Waals surface area contributed by atoms with Gasteiger partial charge in [0.1, 0.15) is 5.60 Å². The molecule has 88 valence electrons. The van der Waals surface area contributed by atoms with Gasteiger partial charge in [-0.3, -0.25) is 9.59 Å². The summed E-state index contributed by atoms with van der Waals surface area (Å²) in [5.74, 6) is -1.63. The number of ether oxygens (including phenoxy) is 1. The largest absolute Gasteiger partial charge is 0.481 e. The summed E-state index contributed by atoms with van der Waals surface area (Å²) in [6, 6.07) is 0. The number of aliphatic hydroxyl groups is 1. The molecular formula is C10H18O5. The Hall–Kier alpha value is -1.10. The number of hydrogen-bond donors (Lipinski definition) is 2. The van der Waals surface area contributed by atoms with E-state index in [1.54, 1.807) is 0 Å². The molecule has 15 heavy (non-hydrogen) atoms. The van der Waals surface area contributed by atoms with Gasteiger partial charge in [0.05, 0.1) is 18.4 Å². The number of rotatable bonds is 5. The average molecular weight is 218 g/mol. The average Bonchev–Trinajstić information content (AvgIpc) is 1.73. The van der Waals surface area contributed by atoms with Crippen LogP contribution in [0.5, 0.6) is 0 Å². The topological polar surface area (TPSA) is 83.8 Å². The van der Waals surface area contributed by atoms with E-state index in [0.717, 1.165) is 0 Å². The maximum Gasteiger partial charge on any atom is 0.309 e. The molecule has 0 aromatic rings. The van der Waals surface area contributed by atoms with Crippen LogP contribution in [-0.4, -0.2) is 33.4 Å². The smallest absolute Gasteiger partial charge is 0.309 e. The third-order valence-electron chi connectivity index (χ3n) is 1.54. The lowest BCUT2D eigenvalue weighted by Gasteiger charge is -2.25. The van der Waals surface area contributed by atoms with Crippen molar-refractivity contribution >= 4 is 11.9 Å². The van der Waals surface area contributed by atoms with Gasteiger partial charge in [-0.25, -0.2) is 0 Å². The van der Waals surface area contributed by atoms with E-state index in [2.05, 4.69) is 0 Å². The third-order valence-corrected chi connectivity index (χ3v) is 1.54. The molecule has 0 aliphatic rings. The summed E-state index contributed by atoms with van der Waals surface area (Å²) in [4.78, 5) is 21.7. The fraction of sp³-hybridized carbons (Fsp3) is 0.800. The van der Waals surface area contributed by atoms with E-state index in [-0.39, 0.29) is 12.8 Å². The van der Waals surface area contributed by atoms with Crippen LogP contribution in [-0.2, 0) is 14.3 Å². The molecular weight excluding hydrogens is 200 g/mol. The molecule has 0 aromatic carbocycles. The molecule has 0 aliphatic carbocycles. The van der Waals surface area contributed by atoms with Crippen molar-refractivity contribution in [2.45, 2.75) is 51.7 Å². The van der Waals surface area contributed by atoms with Crippen LogP contribution >= 0.6 is 0 Å². The van der Waals surface area contributed by atoms with Crippen LogP contribution in [0.25, 0.3) is 0 Å². The van der Waals surface area contributed by atoms with Gasteiger partial charge in [-0.2, -0.15) is 0 Å². The van der Waals surface area contributed by atoms with Crippen LogP contribution in [0, 0.1) is 0 Å². The predicted octanol–water partition coefficient (Wildman–Crippen LogP) is 0.944. The van der Waals surface area contributed by atoms with Crippen molar-refractivity contribution in [1.82, 2.24) is 0 Å². The van der Waals surface area contributed by atoms with Crippen molar-refractivity contribution in [2.24, 2.45) is 0 Å². The molecule has 0 bridgehead atoms. The Kier molecular flexibility index (Phi) is 4.27. The van der Waals surface area contributed by atoms with E-state index in [4.69, 9.17) is 9.84 Å². The summed E-state index contributed by atoms with van der Waals surface area (Å²) < 4.78 is 4.94. The van der Waals surface area contributed by atoms with Crippen molar-refractivity contribution in [2.75, 3.05) is 0 Å². The molecule has 0 unspecified atom stereocenters. The molecule has 2 N–H and O–H groups in total. The molecule has 0 heterocycles. The summed E-state index contributed by atoms with van der Waals surface area (Å²) in [5, 5.41) is 17.9. The minimum atomic E-state index is -1.14. The van der Waals surface area contributed by atoms with E-state index in [1.165, 1.54) is 27.7 Å². The first-order valence-electron chi connectivity index (χ1n) is 4.68. The maximum absolute atomic E-state index is 11.3. The number of carbonyl (C=O) groups excluding carboxylic acids is 1. The summed E-state index contributed by atoms with van der Waals surface area (Å²) in [5.41, 5.74) is -2.19. The molecule has 5 nitrogen and oxygen atoms in total. The van der Waals surface area contributed by atoms with Crippen LogP contribution in [0.4, 0.5) is 0 Å². The highest BCUT2D eigenvalue weighted by Gasteiger charge is 2.28. The third kappa shape index (κ3) is 7.93. The van der Waals surface area contributed by atoms with Crippen LogP contribution in [0.2, 0.25) is 0 Å². The highest BCUT2D eigenvalue weighted by Crippen LogP contribution is 2.18. The fourth-order valence-electron chi connectivity index (χ4n) is 1.10. The molecule has 0 radical (unpaired) electrons. The number of esters is 1. The second-order valence-electron chi connectivity index (χ2n) is 4.79. The Bertz CT molecular complexity index is 249. The normalized spacial score (nSPS) is 12.3. The molecule has 0 saturated carbocycles. The predicted molar refractivity (Wildman–Crippen MR) is 53.3 cm³/mol. The zero-order valence-corrected chi connectivity index (χ0v) is 9.53. The van der Waals surface area contributed by atoms with E-state index in [0.29, 0.717) is 0 Å². The minimum Gasteiger partial charge on any atom is -0.481 e. The summed E-state index contributed by atoms with van der Waals surface area (Å²) >= 11 is 0. The Balaban J connectivity index is 4.22. The number of carboxylic acid groups (broad SMARTS) is 1. The minimum absolute atomic E-state index is 0.157. The Morgan fingerprint density at radius 1 is 1.13 bits per heavy atom. The van der Waals surface area contributed by atoms with Crippen molar-refractivity contribution in [1.29, 1.82) is 0 Å². The maximum atomic E-state index is 11.3. The highest BCUT2D eigenvalue weighted by atomic mass is 16.6. The molecule has 0 rings (SSSR count). The van der Waals surface area contributed by atoms with Crippen LogP contribution in [0.3, 0.4) is 0 Å². The second kappa shape index (κ2) is 4.61. The van der Waals surface area contributed by atoms with Crippen molar-refractivity contribution < 1.29 is 24.5 Å². The Labute approximate surface area is 89.0 Å². The zero-order valence-electron chi connectivity index (χ0n) is 9.53. The first-order chi connectivity index (χ1) is 6.52.